The number of carboxylic acid groups (broad SMARTS) is 1. The first-order valence-electron chi connectivity index (χ1n) is 6.54. The van der Waals surface area contributed by atoms with Crippen LogP contribution in [0, 0.1) is 0 Å². The lowest BCUT2D eigenvalue weighted by atomic mass is 10.1. The molecular weight excluding hydrogens is 292 g/mol. The number of hydrogen-bond donors (Lipinski definition) is 2. The van der Waals surface area contributed by atoms with Gasteiger partial charge in [-0.25, -0.2) is 18.2 Å². The number of carboxylic acids is 1. The highest BCUT2D eigenvalue weighted by Crippen LogP contribution is 2.26. The Morgan fingerprint density at radius 3 is 2.62 bits per heavy atom. The highest BCUT2D eigenvalue weighted by molar-refractivity contribution is 7.91. The van der Waals surface area contributed by atoms with Gasteiger partial charge in [-0.3, -0.25) is 0 Å². The van der Waals surface area contributed by atoms with Crippen molar-refractivity contribution in [2.75, 3.05) is 16.8 Å². The summed E-state index contributed by atoms with van der Waals surface area (Å²) in [6.45, 7) is 0. The number of anilines is 1. The molecular formula is C14H14N2O4S. The molecule has 1 saturated heterocycles. The van der Waals surface area contributed by atoms with Gasteiger partial charge in [-0.1, -0.05) is 24.3 Å². The van der Waals surface area contributed by atoms with Crippen LogP contribution in [0.5, 0.6) is 0 Å². The summed E-state index contributed by atoms with van der Waals surface area (Å²) in [7, 11) is -2.97. The van der Waals surface area contributed by atoms with E-state index >= 15 is 0 Å². The van der Waals surface area contributed by atoms with Crippen LogP contribution in [0.2, 0.25) is 0 Å². The lowest BCUT2D eigenvalue weighted by Crippen LogP contribution is -2.21. The van der Waals surface area contributed by atoms with Crippen LogP contribution >= 0.6 is 0 Å². The summed E-state index contributed by atoms with van der Waals surface area (Å²) in [4.78, 5) is 15.4. The number of aromatic nitrogens is 1. The zero-order chi connectivity index (χ0) is 15.0. The summed E-state index contributed by atoms with van der Waals surface area (Å²) in [6, 6.07) is 6.88. The minimum atomic E-state index is -2.97. The van der Waals surface area contributed by atoms with Crippen LogP contribution in [0.15, 0.2) is 30.5 Å². The maximum atomic E-state index is 11.5. The third kappa shape index (κ3) is 2.69. The fourth-order valence-electron chi connectivity index (χ4n) is 2.58. The molecule has 1 aromatic carbocycles. The Morgan fingerprint density at radius 1 is 1.29 bits per heavy atom. The van der Waals surface area contributed by atoms with Crippen LogP contribution in [0.3, 0.4) is 0 Å². The molecule has 0 spiro atoms. The third-order valence-electron chi connectivity index (χ3n) is 3.60. The van der Waals surface area contributed by atoms with Gasteiger partial charge in [0.05, 0.1) is 17.1 Å². The monoisotopic (exact) mass is 306 g/mol. The van der Waals surface area contributed by atoms with E-state index in [9.17, 15) is 18.3 Å². The molecule has 1 aliphatic heterocycles. The second kappa shape index (κ2) is 5.00. The van der Waals surface area contributed by atoms with E-state index in [1.165, 1.54) is 6.20 Å². The molecule has 1 aromatic heterocycles. The molecule has 1 aliphatic rings. The fraction of sp³-hybridized carbons (Fsp3) is 0.286. The average molecular weight is 306 g/mol. The van der Waals surface area contributed by atoms with Crippen LogP contribution in [0.1, 0.15) is 16.8 Å². The fourth-order valence-corrected chi connectivity index (χ4v) is 4.25. The van der Waals surface area contributed by atoms with Gasteiger partial charge in [0.25, 0.3) is 0 Å². The van der Waals surface area contributed by atoms with Gasteiger partial charge >= 0.3 is 5.97 Å². The molecule has 110 valence electrons. The van der Waals surface area contributed by atoms with E-state index in [0.29, 0.717) is 23.0 Å². The topological polar surface area (TPSA) is 96.4 Å². The summed E-state index contributed by atoms with van der Waals surface area (Å²) in [6.07, 6.45) is 1.84. The van der Waals surface area contributed by atoms with E-state index in [-0.39, 0.29) is 23.1 Å². The van der Waals surface area contributed by atoms with Crippen LogP contribution < -0.4 is 5.32 Å². The van der Waals surface area contributed by atoms with Crippen molar-refractivity contribution >= 4 is 32.4 Å². The molecule has 2 N–H and O–H groups in total. The van der Waals surface area contributed by atoms with Gasteiger partial charge in [0.2, 0.25) is 0 Å². The van der Waals surface area contributed by atoms with Crippen molar-refractivity contribution in [1.82, 2.24) is 4.98 Å². The molecule has 2 aromatic rings. The Hall–Kier alpha value is -2.15. The van der Waals surface area contributed by atoms with E-state index in [2.05, 4.69) is 10.3 Å². The van der Waals surface area contributed by atoms with Crippen LogP contribution in [-0.2, 0) is 9.84 Å². The summed E-state index contributed by atoms with van der Waals surface area (Å²) in [5, 5.41) is 13.6. The molecule has 6 nitrogen and oxygen atoms in total. The Balaban J connectivity index is 2.01. The maximum absolute atomic E-state index is 11.5. The Labute approximate surface area is 121 Å². The van der Waals surface area contributed by atoms with Crippen molar-refractivity contribution in [3.05, 3.63) is 36.0 Å². The van der Waals surface area contributed by atoms with Gasteiger partial charge in [-0.05, 0) is 6.42 Å². The predicted octanol–water partition coefficient (Wildman–Crippen LogP) is 1.53. The van der Waals surface area contributed by atoms with E-state index in [0.717, 1.165) is 0 Å². The number of pyridine rings is 1. The number of benzene rings is 1. The molecule has 1 unspecified atom stereocenters. The van der Waals surface area contributed by atoms with Crippen molar-refractivity contribution in [1.29, 1.82) is 0 Å². The molecule has 1 atom stereocenters. The minimum Gasteiger partial charge on any atom is -0.478 e. The molecule has 3 rings (SSSR count). The maximum Gasteiger partial charge on any atom is 0.337 e. The lowest BCUT2D eigenvalue weighted by Gasteiger charge is -2.14. The summed E-state index contributed by atoms with van der Waals surface area (Å²) in [5.41, 5.74) is 0.134. The van der Waals surface area contributed by atoms with Gasteiger partial charge in [-0.2, -0.15) is 0 Å². The number of nitrogens with zero attached hydrogens (tertiary/aromatic N) is 1. The molecule has 0 amide bonds. The molecule has 2 heterocycles. The standard InChI is InChI=1S/C14H14N2O4S/c17-14(18)12-7-15-13(11-4-2-1-3-10(11)12)16-9-5-6-21(19,20)8-9/h1-4,7,9H,5-6,8H2,(H,15,16)(H,17,18). The van der Waals surface area contributed by atoms with Gasteiger partial charge in [0.1, 0.15) is 5.82 Å². The van der Waals surface area contributed by atoms with Crippen molar-refractivity contribution in [3.63, 3.8) is 0 Å². The van der Waals surface area contributed by atoms with Crippen molar-refractivity contribution in [2.24, 2.45) is 0 Å². The SMILES string of the molecule is O=C(O)c1cnc(NC2CCS(=O)(=O)C2)c2ccccc12. The normalized spacial score (nSPS) is 20.5. The quantitative estimate of drug-likeness (QED) is 0.892. The van der Waals surface area contributed by atoms with Crippen LogP contribution in [-0.4, -0.2) is 42.0 Å². The summed E-state index contributed by atoms with van der Waals surface area (Å²) in [5.74, 6) is -0.245. The van der Waals surface area contributed by atoms with E-state index in [1.807, 2.05) is 0 Å². The molecule has 0 aliphatic carbocycles. The second-order valence-corrected chi connectivity index (χ2v) is 7.34. The van der Waals surface area contributed by atoms with E-state index in [4.69, 9.17) is 0 Å². The molecule has 0 bridgehead atoms. The number of hydrogen-bond acceptors (Lipinski definition) is 5. The molecule has 0 saturated carbocycles. The van der Waals surface area contributed by atoms with Gasteiger partial charge < -0.3 is 10.4 Å². The number of sulfone groups is 1. The average Bonchev–Trinajstić information content (AvgIpc) is 2.78. The van der Waals surface area contributed by atoms with E-state index < -0.39 is 15.8 Å². The Morgan fingerprint density at radius 2 is 2.00 bits per heavy atom. The highest BCUT2D eigenvalue weighted by atomic mass is 32.2. The predicted molar refractivity (Wildman–Crippen MR) is 79.4 cm³/mol. The molecule has 1 fully saturated rings. The van der Waals surface area contributed by atoms with Gasteiger partial charge in [0, 0.05) is 23.0 Å². The Bertz CT molecular complexity index is 817. The first kappa shape index (κ1) is 13.8. The third-order valence-corrected chi connectivity index (χ3v) is 5.37. The summed E-state index contributed by atoms with van der Waals surface area (Å²) >= 11 is 0. The summed E-state index contributed by atoms with van der Waals surface area (Å²) < 4.78 is 23.0. The van der Waals surface area contributed by atoms with Crippen LogP contribution in [0.4, 0.5) is 5.82 Å². The van der Waals surface area contributed by atoms with E-state index in [1.54, 1.807) is 24.3 Å². The van der Waals surface area contributed by atoms with Crippen molar-refractivity contribution in [2.45, 2.75) is 12.5 Å². The number of aromatic carboxylic acids is 1. The lowest BCUT2D eigenvalue weighted by molar-refractivity contribution is 0.0698. The van der Waals surface area contributed by atoms with Crippen molar-refractivity contribution < 1.29 is 18.3 Å². The van der Waals surface area contributed by atoms with Crippen molar-refractivity contribution in [3.8, 4) is 0 Å². The zero-order valence-corrected chi connectivity index (χ0v) is 11.9. The zero-order valence-electron chi connectivity index (χ0n) is 11.1. The first-order valence-corrected chi connectivity index (χ1v) is 8.36. The van der Waals surface area contributed by atoms with Gasteiger partial charge in [0.15, 0.2) is 9.84 Å². The largest absolute Gasteiger partial charge is 0.478 e. The van der Waals surface area contributed by atoms with Crippen LogP contribution in [0.25, 0.3) is 10.8 Å². The number of carbonyl (C=O) groups is 1. The number of nitrogens with one attached hydrogen (secondary N) is 1. The number of rotatable bonds is 3. The minimum absolute atomic E-state index is 0.0870. The molecule has 21 heavy (non-hydrogen) atoms. The highest BCUT2D eigenvalue weighted by Gasteiger charge is 2.28. The van der Waals surface area contributed by atoms with Gasteiger partial charge in [-0.15, -0.1) is 0 Å². The second-order valence-electron chi connectivity index (χ2n) is 5.12. The smallest absolute Gasteiger partial charge is 0.337 e. The molecule has 0 radical (unpaired) electrons. The first-order chi connectivity index (χ1) is 9.96. The number of fused-ring (bicyclic) bond motifs is 1. The Kier molecular flexibility index (Phi) is 3.29. The molecule has 7 heteroatoms.